The van der Waals surface area contributed by atoms with Crippen LogP contribution < -0.4 is 0 Å². The Morgan fingerprint density at radius 3 is 2.79 bits per heavy atom. The standard InChI is InChI=1S/C11H19NO2/c1-3-4-5-6-14-9-11(13)12-7-10(2)8-12/h2-9H2,1H3. The van der Waals surface area contributed by atoms with E-state index in [-0.39, 0.29) is 12.5 Å². The Bertz CT molecular complexity index is 205. The van der Waals surface area contributed by atoms with Gasteiger partial charge in [0.25, 0.3) is 0 Å². The molecule has 1 amide bonds. The third kappa shape index (κ3) is 3.50. The highest BCUT2D eigenvalue weighted by atomic mass is 16.5. The van der Waals surface area contributed by atoms with Crippen LogP contribution in [0.3, 0.4) is 0 Å². The summed E-state index contributed by atoms with van der Waals surface area (Å²) in [5.74, 6) is 0.0916. The summed E-state index contributed by atoms with van der Waals surface area (Å²) in [6.45, 7) is 8.30. The van der Waals surface area contributed by atoms with Gasteiger partial charge in [-0.1, -0.05) is 26.3 Å². The van der Waals surface area contributed by atoms with E-state index in [1.54, 1.807) is 4.90 Å². The van der Waals surface area contributed by atoms with Crippen LogP contribution in [-0.4, -0.2) is 37.1 Å². The number of ether oxygens (including phenoxy) is 1. The molecule has 80 valence electrons. The summed E-state index contributed by atoms with van der Waals surface area (Å²) in [7, 11) is 0. The maximum Gasteiger partial charge on any atom is 0.249 e. The average Bonchev–Trinajstić information content (AvgIpc) is 2.12. The van der Waals surface area contributed by atoms with Crippen molar-refractivity contribution in [2.24, 2.45) is 0 Å². The van der Waals surface area contributed by atoms with Gasteiger partial charge >= 0.3 is 0 Å². The summed E-state index contributed by atoms with van der Waals surface area (Å²) in [4.78, 5) is 13.1. The minimum Gasteiger partial charge on any atom is -0.372 e. The van der Waals surface area contributed by atoms with Gasteiger partial charge in [0, 0.05) is 19.7 Å². The normalized spacial score (nSPS) is 15.5. The van der Waals surface area contributed by atoms with Crippen molar-refractivity contribution in [1.29, 1.82) is 0 Å². The molecule has 1 saturated heterocycles. The van der Waals surface area contributed by atoms with E-state index in [9.17, 15) is 4.79 Å². The first kappa shape index (κ1) is 11.2. The number of nitrogens with zero attached hydrogens (tertiary/aromatic N) is 1. The van der Waals surface area contributed by atoms with Crippen LogP contribution in [0, 0.1) is 0 Å². The third-order valence-corrected chi connectivity index (χ3v) is 2.30. The van der Waals surface area contributed by atoms with Gasteiger partial charge in [0.2, 0.25) is 5.91 Å². The first-order chi connectivity index (χ1) is 6.74. The van der Waals surface area contributed by atoms with Crippen molar-refractivity contribution in [3.05, 3.63) is 12.2 Å². The predicted molar refractivity (Wildman–Crippen MR) is 56.1 cm³/mol. The van der Waals surface area contributed by atoms with Crippen molar-refractivity contribution in [3.63, 3.8) is 0 Å². The summed E-state index contributed by atoms with van der Waals surface area (Å²) in [5.41, 5.74) is 1.13. The summed E-state index contributed by atoms with van der Waals surface area (Å²) < 4.78 is 5.27. The molecule has 3 heteroatoms. The highest BCUT2D eigenvalue weighted by molar-refractivity contribution is 5.79. The second-order valence-corrected chi connectivity index (χ2v) is 3.76. The molecule has 0 aromatic heterocycles. The molecule has 0 aromatic carbocycles. The van der Waals surface area contributed by atoms with Gasteiger partial charge in [-0.2, -0.15) is 0 Å². The van der Waals surface area contributed by atoms with Crippen molar-refractivity contribution >= 4 is 5.91 Å². The average molecular weight is 197 g/mol. The fraction of sp³-hybridized carbons (Fsp3) is 0.727. The molecule has 0 radical (unpaired) electrons. The molecule has 1 aliphatic heterocycles. The molecule has 0 aromatic rings. The number of hydrogen-bond donors (Lipinski definition) is 0. The molecule has 0 spiro atoms. The van der Waals surface area contributed by atoms with Crippen molar-refractivity contribution in [2.45, 2.75) is 26.2 Å². The number of rotatable bonds is 6. The highest BCUT2D eigenvalue weighted by Crippen LogP contribution is 2.11. The number of unbranched alkanes of at least 4 members (excludes halogenated alkanes) is 2. The smallest absolute Gasteiger partial charge is 0.249 e. The molecule has 1 heterocycles. The molecule has 0 atom stereocenters. The maximum absolute atomic E-state index is 11.4. The highest BCUT2D eigenvalue weighted by Gasteiger charge is 2.22. The van der Waals surface area contributed by atoms with Gasteiger partial charge in [-0.05, 0) is 12.0 Å². The van der Waals surface area contributed by atoms with E-state index in [1.165, 1.54) is 12.8 Å². The van der Waals surface area contributed by atoms with Crippen LogP contribution in [-0.2, 0) is 9.53 Å². The number of carbonyl (C=O) groups excluding carboxylic acids is 1. The Kier molecular flexibility index (Phi) is 4.66. The minimum atomic E-state index is 0.0916. The molecule has 0 N–H and O–H groups in total. The zero-order chi connectivity index (χ0) is 10.4. The monoisotopic (exact) mass is 197 g/mol. The van der Waals surface area contributed by atoms with Gasteiger partial charge in [-0.25, -0.2) is 0 Å². The summed E-state index contributed by atoms with van der Waals surface area (Å²) >= 11 is 0. The number of carbonyl (C=O) groups is 1. The fourth-order valence-electron chi connectivity index (χ4n) is 1.37. The van der Waals surface area contributed by atoms with Crippen molar-refractivity contribution in [2.75, 3.05) is 26.3 Å². The molecule has 1 aliphatic rings. The van der Waals surface area contributed by atoms with E-state index in [4.69, 9.17) is 4.74 Å². The van der Waals surface area contributed by atoms with E-state index >= 15 is 0 Å². The number of hydrogen-bond acceptors (Lipinski definition) is 2. The quantitative estimate of drug-likeness (QED) is 0.478. The molecule has 0 saturated carbocycles. The lowest BCUT2D eigenvalue weighted by atomic mass is 10.1. The van der Waals surface area contributed by atoms with Crippen molar-refractivity contribution < 1.29 is 9.53 Å². The summed E-state index contributed by atoms with van der Waals surface area (Å²) in [6.07, 6.45) is 3.41. The van der Waals surface area contributed by atoms with Gasteiger partial charge in [0.15, 0.2) is 0 Å². The molecule has 0 bridgehead atoms. The van der Waals surface area contributed by atoms with E-state index < -0.39 is 0 Å². The van der Waals surface area contributed by atoms with Gasteiger partial charge in [0.05, 0.1) is 0 Å². The zero-order valence-electron chi connectivity index (χ0n) is 8.92. The Morgan fingerprint density at radius 2 is 2.21 bits per heavy atom. The molecule has 1 rings (SSSR count). The molecular weight excluding hydrogens is 178 g/mol. The zero-order valence-corrected chi connectivity index (χ0v) is 8.92. The minimum absolute atomic E-state index is 0.0916. The molecule has 14 heavy (non-hydrogen) atoms. The van der Waals surface area contributed by atoms with E-state index in [0.717, 1.165) is 25.1 Å². The lowest BCUT2D eigenvalue weighted by Crippen LogP contribution is -2.45. The van der Waals surface area contributed by atoms with Crippen LogP contribution in [0.15, 0.2) is 12.2 Å². The second-order valence-electron chi connectivity index (χ2n) is 3.76. The third-order valence-electron chi connectivity index (χ3n) is 2.30. The van der Waals surface area contributed by atoms with Crippen LogP contribution in [0.1, 0.15) is 26.2 Å². The van der Waals surface area contributed by atoms with E-state index in [2.05, 4.69) is 13.5 Å². The second kappa shape index (κ2) is 5.81. The first-order valence-electron chi connectivity index (χ1n) is 5.26. The van der Waals surface area contributed by atoms with Gasteiger partial charge in [-0.15, -0.1) is 0 Å². The largest absolute Gasteiger partial charge is 0.372 e. The van der Waals surface area contributed by atoms with Gasteiger partial charge in [-0.3, -0.25) is 4.79 Å². The molecule has 0 aliphatic carbocycles. The van der Waals surface area contributed by atoms with Crippen LogP contribution in [0.5, 0.6) is 0 Å². The summed E-state index contributed by atoms with van der Waals surface area (Å²) in [5, 5.41) is 0. The summed E-state index contributed by atoms with van der Waals surface area (Å²) in [6, 6.07) is 0. The molecule has 0 unspecified atom stereocenters. The van der Waals surface area contributed by atoms with Crippen molar-refractivity contribution in [1.82, 2.24) is 4.90 Å². The fourth-order valence-corrected chi connectivity index (χ4v) is 1.37. The number of likely N-dealkylation sites (tertiary alicyclic amines) is 1. The van der Waals surface area contributed by atoms with Gasteiger partial charge < -0.3 is 9.64 Å². The van der Waals surface area contributed by atoms with Crippen LogP contribution in [0.2, 0.25) is 0 Å². The topological polar surface area (TPSA) is 29.5 Å². The van der Waals surface area contributed by atoms with Gasteiger partial charge in [0.1, 0.15) is 6.61 Å². The lowest BCUT2D eigenvalue weighted by molar-refractivity contribution is -0.137. The number of amides is 1. The Hall–Kier alpha value is -0.830. The first-order valence-corrected chi connectivity index (χ1v) is 5.26. The Labute approximate surface area is 85.7 Å². The van der Waals surface area contributed by atoms with E-state index in [1.807, 2.05) is 0 Å². The van der Waals surface area contributed by atoms with Crippen molar-refractivity contribution in [3.8, 4) is 0 Å². The van der Waals surface area contributed by atoms with Crippen LogP contribution >= 0.6 is 0 Å². The molecular formula is C11H19NO2. The van der Waals surface area contributed by atoms with Crippen LogP contribution in [0.4, 0.5) is 0 Å². The SMILES string of the molecule is C=C1CN(C(=O)COCCCCC)C1. The Balaban J connectivity index is 1.96. The van der Waals surface area contributed by atoms with E-state index in [0.29, 0.717) is 6.61 Å². The van der Waals surface area contributed by atoms with Crippen LogP contribution in [0.25, 0.3) is 0 Å². The molecule has 3 nitrogen and oxygen atoms in total. The Morgan fingerprint density at radius 1 is 1.50 bits per heavy atom. The lowest BCUT2D eigenvalue weighted by Gasteiger charge is -2.33. The predicted octanol–water partition coefficient (Wildman–Crippen LogP) is 1.59. The maximum atomic E-state index is 11.4. The molecule has 1 fully saturated rings.